The number of nitrogens with zero attached hydrogens (tertiary/aromatic N) is 1. The largest absolute Gasteiger partial charge is 0.315 e. The molecule has 2 heteroatoms. The Morgan fingerprint density at radius 3 is 2.36 bits per heavy atom. The van der Waals surface area contributed by atoms with Gasteiger partial charge in [0, 0.05) is 18.1 Å². The van der Waals surface area contributed by atoms with Gasteiger partial charge in [0.2, 0.25) is 0 Å². The van der Waals surface area contributed by atoms with Crippen LogP contribution in [-0.4, -0.2) is 37.1 Å². The summed E-state index contributed by atoms with van der Waals surface area (Å²) in [4.78, 5) is 2.65. The van der Waals surface area contributed by atoms with E-state index in [1.54, 1.807) is 0 Å². The molecule has 2 saturated carbocycles. The van der Waals surface area contributed by atoms with Crippen molar-refractivity contribution in [1.82, 2.24) is 10.2 Å². The lowest BCUT2D eigenvalue weighted by molar-refractivity contribution is 0.178. The Morgan fingerprint density at radius 2 is 1.71 bits per heavy atom. The van der Waals surface area contributed by atoms with E-state index in [0.29, 0.717) is 0 Å². The number of nitrogens with one attached hydrogen (secondary N) is 1. The van der Waals surface area contributed by atoms with Gasteiger partial charge in [-0.25, -0.2) is 0 Å². The van der Waals surface area contributed by atoms with Gasteiger partial charge in [0.05, 0.1) is 0 Å². The zero-order chi connectivity index (χ0) is 9.97. The first kappa shape index (κ1) is 10.4. The van der Waals surface area contributed by atoms with E-state index < -0.39 is 0 Å². The van der Waals surface area contributed by atoms with E-state index in [-0.39, 0.29) is 0 Å². The summed E-state index contributed by atoms with van der Waals surface area (Å²) >= 11 is 0. The standard InChI is InChI=1S/C12H24N2/c1-13-11-6-4-3-5-7-12(11)14(2)10-8-9-10/h10-13H,3-9H2,1-2H3. The van der Waals surface area contributed by atoms with E-state index in [1.165, 1.54) is 44.9 Å². The highest BCUT2D eigenvalue weighted by atomic mass is 15.2. The summed E-state index contributed by atoms with van der Waals surface area (Å²) in [7, 11) is 4.46. The van der Waals surface area contributed by atoms with Crippen molar-refractivity contribution in [2.24, 2.45) is 0 Å². The average Bonchev–Trinajstić information content (AvgIpc) is 3.03. The molecule has 0 saturated heterocycles. The van der Waals surface area contributed by atoms with Crippen LogP contribution in [0.5, 0.6) is 0 Å². The first-order valence-electron chi connectivity index (χ1n) is 6.22. The summed E-state index contributed by atoms with van der Waals surface area (Å²) in [5.74, 6) is 0. The fraction of sp³-hybridized carbons (Fsp3) is 1.00. The summed E-state index contributed by atoms with van der Waals surface area (Å²) in [6.45, 7) is 0. The molecule has 0 heterocycles. The van der Waals surface area contributed by atoms with Gasteiger partial charge in [-0.05, 0) is 39.8 Å². The zero-order valence-corrected chi connectivity index (χ0v) is 9.63. The van der Waals surface area contributed by atoms with Crippen molar-refractivity contribution in [2.45, 2.75) is 63.1 Å². The number of rotatable bonds is 3. The molecule has 0 aromatic rings. The summed E-state index contributed by atoms with van der Waals surface area (Å²) < 4.78 is 0. The van der Waals surface area contributed by atoms with Gasteiger partial charge >= 0.3 is 0 Å². The van der Waals surface area contributed by atoms with Gasteiger partial charge in [0.15, 0.2) is 0 Å². The van der Waals surface area contributed by atoms with Gasteiger partial charge in [0.1, 0.15) is 0 Å². The van der Waals surface area contributed by atoms with Crippen molar-refractivity contribution in [3.8, 4) is 0 Å². The number of likely N-dealkylation sites (N-methyl/N-ethyl adjacent to an activating group) is 2. The highest BCUT2D eigenvalue weighted by molar-refractivity contribution is 4.92. The van der Waals surface area contributed by atoms with Crippen LogP contribution in [0.25, 0.3) is 0 Å². The molecular weight excluding hydrogens is 172 g/mol. The zero-order valence-electron chi connectivity index (χ0n) is 9.63. The summed E-state index contributed by atoms with van der Waals surface area (Å²) in [6, 6.07) is 2.45. The molecule has 0 aromatic heterocycles. The highest BCUT2D eigenvalue weighted by Crippen LogP contribution is 2.31. The molecule has 0 aliphatic heterocycles. The van der Waals surface area contributed by atoms with Gasteiger partial charge in [-0.2, -0.15) is 0 Å². The second kappa shape index (κ2) is 4.63. The lowest BCUT2D eigenvalue weighted by Gasteiger charge is -2.33. The molecule has 2 nitrogen and oxygen atoms in total. The maximum atomic E-state index is 3.52. The Balaban J connectivity index is 1.95. The first-order chi connectivity index (χ1) is 6.83. The number of hydrogen-bond acceptors (Lipinski definition) is 2. The van der Waals surface area contributed by atoms with Gasteiger partial charge in [-0.3, -0.25) is 4.90 Å². The first-order valence-corrected chi connectivity index (χ1v) is 6.22. The van der Waals surface area contributed by atoms with Crippen molar-refractivity contribution in [1.29, 1.82) is 0 Å². The van der Waals surface area contributed by atoms with Crippen LogP contribution in [0.1, 0.15) is 44.9 Å². The van der Waals surface area contributed by atoms with Crippen LogP contribution in [0, 0.1) is 0 Å². The molecular formula is C12H24N2. The SMILES string of the molecule is CNC1CCCCCC1N(C)C1CC1. The Labute approximate surface area is 88.1 Å². The second-order valence-electron chi connectivity index (χ2n) is 5.00. The Morgan fingerprint density at radius 1 is 1.00 bits per heavy atom. The van der Waals surface area contributed by atoms with Crippen molar-refractivity contribution in [3.05, 3.63) is 0 Å². The van der Waals surface area contributed by atoms with E-state index in [4.69, 9.17) is 0 Å². The van der Waals surface area contributed by atoms with E-state index >= 15 is 0 Å². The molecule has 1 N–H and O–H groups in total. The molecule has 2 fully saturated rings. The molecule has 2 rings (SSSR count). The van der Waals surface area contributed by atoms with Crippen LogP contribution in [0.2, 0.25) is 0 Å². The normalized spacial score (nSPS) is 34.5. The molecule has 0 bridgehead atoms. The monoisotopic (exact) mass is 196 g/mol. The molecule has 14 heavy (non-hydrogen) atoms. The van der Waals surface area contributed by atoms with Gasteiger partial charge in [-0.15, -0.1) is 0 Å². The van der Waals surface area contributed by atoms with Crippen molar-refractivity contribution in [2.75, 3.05) is 14.1 Å². The van der Waals surface area contributed by atoms with Crippen LogP contribution in [0.4, 0.5) is 0 Å². The van der Waals surface area contributed by atoms with Crippen LogP contribution in [-0.2, 0) is 0 Å². The average molecular weight is 196 g/mol. The Hall–Kier alpha value is -0.0800. The molecule has 82 valence electrons. The minimum atomic E-state index is 0.739. The van der Waals surface area contributed by atoms with Gasteiger partial charge < -0.3 is 5.32 Å². The second-order valence-corrected chi connectivity index (χ2v) is 5.00. The van der Waals surface area contributed by atoms with Crippen molar-refractivity contribution < 1.29 is 0 Å². The lowest BCUT2D eigenvalue weighted by atomic mass is 10.0. The molecule has 2 atom stereocenters. The van der Waals surface area contributed by atoms with Crippen LogP contribution in [0.15, 0.2) is 0 Å². The van der Waals surface area contributed by atoms with Gasteiger partial charge in [-0.1, -0.05) is 19.3 Å². The third-order valence-electron chi connectivity index (χ3n) is 4.00. The van der Waals surface area contributed by atoms with Crippen molar-refractivity contribution in [3.63, 3.8) is 0 Å². The lowest BCUT2D eigenvalue weighted by Crippen LogP contribution is -2.47. The maximum absolute atomic E-state index is 3.52. The molecule has 0 aromatic carbocycles. The van der Waals surface area contributed by atoms with E-state index in [1.807, 2.05) is 0 Å². The predicted octanol–water partition coefficient (Wildman–Crippen LogP) is 2.00. The molecule has 2 unspecified atom stereocenters. The molecule has 0 radical (unpaired) electrons. The number of hydrogen-bond donors (Lipinski definition) is 1. The maximum Gasteiger partial charge on any atom is 0.0249 e. The molecule has 2 aliphatic carbocycles. The molecule has 0 amide bonds. The Bertz CT molecular complexity index is 177. The third kappa shape index (κ3) is 2.29. The minimum Gasteiger partial charge on any atom is -0.315 e. The fourth-order valence-corrected chi connectivity index (χ4v) is 2.86. The summed E-state index contributed by atoms with van der Waals surface area (Å²) in [6.07, 6.45) is 9.93. The summed E-state index contributed by atoms with van der Waals surface area (Å²) in [5, 5.41) is 3.52. The molecule has 2 aliphatic rings. The van der Waals surface area contributed by atoms with Gasteiger partial charge in [0.25, 0.3) is 0 Å². The van der Waals surface area contributed by atoms with Crippen LogP contribution < -0.4 is 5.32 Å². The molecule has 0 spiro atoms. The van der Waals surface area contributed by atoms with Crippen molar-refractivity contribution >= 4 is 0 Å². The Kier molecular flexibility index (Phi) is 3.45. The fourth-order valence-electron chi connectivity index (χ4n) is 2.86. The van der Waals surface area contributed by atoms with E-state index in [9.17, 15) is 0 Å². The van der Waals surface area contributed by atoms with E-state index in [0.717, 1.165) is 18.1 Å². The quantitative estimate of drug-likeness (QED) is 0.695. The summed E-state index contributed by atoms with van der Waals surface area (Å²) in [5.41, 5.74) is 0. The minimum absolute atomic E-state index is 0.739. The highest BCUT2D eigenvalue weighted by Gasteiger charge is 2.34. The smallest absolute Gasteiger partial charge is 0.0249 e. The predicted molar refractivity (Wildman–Crippen MR) is 60.5 cm³/mol. The van der Waals surface area contributed by atoms with Crippen LogP contribution in [0.3, 0.4) is 0 Å². The van der Waals surface area contributed by atoms with Crippen LogP contribution >= 0.6 is 0 Å². The topological polar surface area (TPSA) is 15.3 Å². The third-order valence-corrected chi connectivity index (χ3v) is 4.00. The van der Waals surface area contributed by atoms with E-state index in [2.05, 4.69) is 24.3 Å².